The Morgan fingerprint density at radius 2 is 2.08 bits per heavy atom. The molecule has 3 heterocycles. The minimum Gasteiger partial charge on any atom is -0.387 e. The highest BCUT2D eigenvalue weighted by molar-refractivity contribution is 8.04. The van der Waals surface area contributed by atoms with Gasteiger partial charge in [-0.3, -0.25) is 15.6 Å². The summed E-state index contributed by atoms with van der Waals surface area (Å²) in [6.07, 6.45) is 11.9. The van der Waals surface area contributed by atoms with Crippen molar-refractivity contribution in [3.8, 4) is 0 Å². The van der Waals surface area contributed by atoms with Gasteiger partial charge in [-0.2, -0.15) is 0 Å². The fourth-order valence-electron chi connectivity index (χ4n) is 6.18. The maximum atomic E-state index is 11.7. The Hall–Kier alpha value is -0.950. The molecule has 1 aliphatic carbocycles. The first-order valence-corrected chi connectivity index (χ1v) is 16.2. The maximum absolute atomic E-state index is 11.7. The lowest BCUT2D eigenvalue weighted by molar-refractivity contribution is -0.0708. The maximum Gasteiger partial charge on any atom is 0.123 e. The van der Waals surface area contributed by atoms with Crippen molar-refractivity contribution < 1.29 is 14.9 Å². The minimum absolute atomic E-state index is 0.0174. The summed E-state index contributed by atoms with van der Waals surface area (Å²) in [4.78, 5) is 3.12. The van der Waals surface area contributed by atoms with Crippen LogP contribution in [0.1, 0.15) is 58.3 Å². The van der Waals surface area contributed by atoms with E-state index in [-0.39, 0.29) is 29.3 Å². The second-order valence-corrected chi connectivity index (χ2v) is 13.3. The first kappa shape index (κ1) is 32.0. The van der Waals surface area contributed by atoms with Gasteiger partial charge in [0, 0.05) is 24.2 Å². The van der Waals surface area contributed by atoms with Gasteiger partial charge in [-0.15, -0.1) is 11.8 Å². The number of nitrogens with two attached hydrogens (primary N) is 1. The zero-order chi connectivity index (χ0) is 28.5. The highest BCUT2D eigenvalue weighted by Crippen LogP contribution is 2.33. The standard InChI is InChI=1S/C29H49ClN6O3S/c1-2-34-24(9-5-19-11-13-33-14-12-19)29(38)36-17-22(39-18-20-3-6-21(30)7-4-20)15-25(36)28(37)35-16-23-8-10-26(40-23)27(31)32/h3,6,8,19,22,24-26,28-29,33-35,37-38H,2,4-5,7,9-18H2,1H3,(H3,31,32). The molecular weight excluding hydrogens is 548 g/mol. The molecule has 0 spiro atoms. The average molecular weight is 597 g/mol. The Bertz CT molecular complexity index is 927. The summed E-state index contributed by atoms with van der Waals surface area (Å²) in [6, 6.07) is -0.364. The lowest BCUT2D eigenvalue weighted by Crippen LogP contribution is -2.56. The predicted octanol–water partition coefficient (Wildman–Crippen LogP) is 2.60. The second-order valence-electron chi connectivity index (χ2n) is 11.5. The second kappa shape index (κ2) is 16.0. The van der Waals surface area contributed by atoms with Gasteiger partial charge in [0.2, 0.25) is 0 Å². The number of nitrogens with zero attached hydrogens (tertiary/aromatic N) is 1. The predicted molar refractivity (Wildman–Crippen MR) is 164 cm³/mol. The highest BCUT2D eigenvalue weighted by Gasteiger charge is 2.42. The van der Waals surface area contributed by atoms with Crippen LogP contribution in [-0.2, 0) is 4.74 Å². The van der Waals surface area contributed by atoms with Crippen LogP contribution in [0, 0.1) is 11.3 Å². The van der Waals surface area contributed by atoms with Gasteiger partial charge < -0.3 is 31.3 Å². The highest BCUT2D eigenvalue weighted by atomic mass is 35.5. The number of rotatable bonds is 15. The van der Waals surface area contributed by atoms with E-state index in [1.165, 1.54) is 18.4 Å². The molecular formula is C29H49ClN6O3S. The zero-order valence-corrected chi connectivity index (χ0v) is 25.4. The SMILES string of the molecule is CCNC(CCC1CCNCC1)C(O)N1CC(OCC2=CC=C(Cl)CC2)CC1C(O)NCC1=CCC(C(=N)N)S1. The van der Waals surface area contributed by atoms with Crippen LogP contribution in [0.5, 0.6) is 0 Å². The number of hydrogen-bond donors (Lipinski definition) is 7. The largest absolute Gasteiger partial charge is 0.387 e. The molecule has 0 saturated carbocycles. The molecule has 0 aromatic carbocycles. The molecule has 6 atom stereocenters. The molecule has 3 aliphatic heterocycles. The lowest BCUT2D eigenvalue weighted by atomic mass is 9.91. The van der Waals surface area contributed by atoms with E-state index < -0.39 is 12.5 Å². The van der Waals surface area contributed by atoms with Gasteiger partial charge in [0.05, 0.1) is 24.0 Å². The number of aliphatic hydroxyl groups excluding tert-OH is 2. The molecule has 8 N–H and O–H groups in total. The van der Waals surface area contributed by atoms with Gasteiger partial charge in [0.15, 0.2) is 0 Å². The topological polar surface area (TPSA) is 139 Å². The first-order chi connectivity index (χ1) is 19.3. The van der Waals surface area contributed by atoms with E-state index in [4.69, 9.17) is 27.5 Å². The Morgan fingerprint density at radius 1 is 1.27 bits per heavy atom. The first-order valence-electron chi connectivity index (χ1n) is 15.0. The number of nitrogens with one attached hydrogen (secondary N) is 4. The van der Waals surface area contributed by atoms with Crippen LogP contribution in [-0.4, -0.2) is 96.2 Å². The van der Waals surface area contributed by atoms with E-state index in [9.17, 15) is 10.2 Å². The van der Waals surface area contributed by atoms with Crippen molar-refractivity contribution in [1.82, 2.24) is 20.9 Å². The molecule has 0 amide bonds. The molecule has 11 heteroatoms. The molecule has 0 aromatic rings. The molecule has 6 unspecified atom stereocenters. The van der Waals surface area contributed by atoms with Crippen LogP contribution in [0.4, 0.5) is 0 Å². The van der Waals surface area contributed by atoms with E-state index in [0.717, 1.165) is 61.7 Å². The fraction of sp³-hybridized carbons (Fsp3) is 0.759. The molecule has 40 heavy (non-hydrogen) atoms. The van der Waals surface area contributed by atoms with Crippen molar-refractivity contribution in [2.24, 2.45) is 11.7 Å². The molecule has 0 radical (unpaired) electrons. The Morgan fingerprint density at radius 3 is 2.75 bits per heavy atom. The van der Waals surface area contributed by atoms with Crippen LogP contribution in [0.2, 0.25) is 0 Å². The number of piperidine rings is 1. The minimum atomic E-state index is -0.830. The third-order valence-electron chi connectivity index (χ3n) is 8.59. The summed E-state index contributed by atoms with van der Waals surface area (Å²) >= 11 is 7.71. The number of aliphatic hydroxyl groups is 2. The van der Waals surface area contributed by atoms with E-state index >= 15 is 0 Å². The quantitative estimate of drug-likeness (QED) is 0.0863. The molecule has 0 bridgehead atoms. The van der Waals surface area contributed by atoms with Gasteiger partial charge >= 0.3 is 0 Å². The lowest BCUT2D eigenvalue weighted by Gasteiger charge is -2.37. The number of halogens is 1. The van der Waals surface area contributed by atoms with E-state index in [1.54, 1.807) is 11.8 Å². The summed E-state index contributed by atoms with van der Waals surface area (Å²) in [5, 5.41) is 41.8. The van der Waals surface area contributed by atoms with E-state index in [0.29, 0.717) is 32.0 Å². The summed E-state index contributed by atoms with van der Waals surface area (Å²) in [5.41, 5.74) is 6.90. The number of ether oxygens (including phenoxy) is 1. The van der Waals surface area contributed by atoms with Gasteiger partial charge in [0.25, 0.3) is 0 Å². The number of amidine groups is 1. The Labute approximate surface area is 248 Å². The smallest absolute Gasteiger partial charge is 0.123 e. The molecule has 226 valence electrons. The van der Waals surface area contributed by atoms with E-state index in [2.05, 4.69) is 29.0 Å². The monoisotopic (exact) mass is 596 g/mol. The van der Waals surface area contributed by atoms with Crippen molar-refractivity contribution in [3.63, 3.8) is 0 Å². The third-order valence-corrected chi connectivity index (χ3v) is 10.3. The van der Waals surface area contributed by atoms with Crippen molar-refractivity contribution in [2.45, 2.75) is 94.2 Å². The fourth-order valence-corrected chi connectivity index (χ4v) is 7.38. The number of allylic oxidation sites excluding steroid dienone is 4. The zero-order valence-electron chi connectivity index (χ0n) is 23.8. The van der Waals surface area contributed by atoms with Crippen LogP contribution < -0.4 is 21.7 Å². The van der Waals surface area contributed by atoms with Gasteiger partial charge in [-0.05, 0) is 93.5 Å². The molecule has 4 aliphatic rings. The summed E-state index contributed by atoms with van der Waals surface area (Å²) in [5.74, 6) is 0.876. The number of hydrogen-bond acceptors (Lipinski definition) is 9. The van der Waals surface area contributed by atoms with Gasteiger partial charge in [-0.1, -0.05) is 30.7 Å². The summed E-state index contributed by atoms with van der Waals surface area (Å²) in [6.45, 7) is 6.61. The normalized spacial score (nSPS) is 28.6. The molecule has 0 aromatic heterocycles. The van der Waals surface area contributed by atoms with Crippen molar-refractivity contribution in [3.05, 3.63) is 33.7 Å². The van der Waals surface area contributed by atoms with Crippen molar-refractivity contribution in [1.29, 1.82) is 5.41 Å². The van der Waals surface area contributed by atoms with Crippen molar-refractivity contribution in [2.75, 3.05) is 39.3 Å². The van der Waals surface area contributed by atoms with Crippen LogP contribution in [0.25, 0.3) is 0 Å². The molecule has 2 fully saturated rings. The summed E-state index contributed by atoms with van der Waals surface area (Å²) in [7, 11) is 0. The number of likely N-dealkylation sites (N-methyl/N-ethyl adjacent to an activating group) is 1. The van der Waals surface area contributed by atoms with Crippen LogP contribution in [0.3, 0.4) is 0 Å². The number of likely N-dealkylation sites (tertiary alicyclic amines) is 1. The van der Waals surface area contributed by atoms with Gasteiger partial charge in [-0.25, -0.2) is 0 Å². The van der Waals surface area contributed by atoms with Gasteiger partial charge in [0.1, 0.15) is 18.3 Å². The molecule has 4 rings (SSSR count). The van der Waals surface area contributed by atoms with Crippen LogP contribution in [0.15, 0.2) is 33.7 Å². The summed E-state index contributed by atoms with van der Waals surface area (Å²) < 4.78 is 6.34. The third kappa shape index (κ3) is 9.28. The average Bonchev–Trinajstić information content (AvgIpc) is 3.62. The molecule has 2 saturated heterocycles. The molecule has 9 nitrogen and oxygen atoms in total. The Kier molecular flexibility index (Phi) is 12.8. The Balaban J connectivity index is 1.38. The van der Waals surface area contributed by atoms with Crippen molar-refractivity contribution >= 4 is 29.2 Å². The number of thioether (sulfide) groups is 1. The van der Waals surface area contributed by atoms with E-state index in [1.807, 2.05) is 17.1 Å². The van der Waals surface area contributed by atoms with Crippen LogP contribution >= 0.6 is 23.4 Å².